The first-order valence-electron chi connectivity index (χ1n) is 5.20. The second-order valence-electron chi connectivity index (χ2n) is 4.14. The van der Waals surface area contributed by atoms with Gasteiger partial charge in [-0.2, -0.15) is 0 Å². The molecule has 0 saturated carbocycles. The lowest BCUT2D eigenvalue weighted by Gasteiger charge is -1.96. The summed E-state index contributed by atoms with van der Waals surface area (Å²) in [6.07, 6.45) is 0. The molecule has 2 nitrogen and oxygen atoms in total. The topological polar surface area (TPSA) is 26.0 Å². The highest BCUT2D eigenvalue weighted by Gasteiger charge is 2.08. The lowest BCUT2D eigenvalue weighted by atomic mass is 10.1. The van der Waals surface area contributed by atoms with Gasteiger partial charge in [-0.1, -0.05) is 42.8 Å². The Bertz CT molecular complexity index is 457. The molecule has 0 aliphatic rings. The van der Waals surface area contributed by atoms with E-state index >= 15 is 0 Å². The third-order valence-corrected chi connectivity index (χ3v) is 2.41. The summed E-state index contributed by atoms with van der Waals surface area (Å²) < 4.78 is 5.27. The van der Waals surface area contributed by atoms with Gasteiger partial charge in [0, 0.05) is 17.5 Å². The molecule has 0 amide bonds. The number of aryl methyl sites for hydroxylation is 1. The maximum atomic E-state index is 5.27. The summed E-state index contributed by atoms with van der Waals surface area (Å²) in [5.74, 6) is 1.32. The molecule has 0 aliphatic heterocycles. The highest BCUT2D eigenvalue weighted by molar-refractivity contribution is 5.59. The van der Waals surface area contributed by atoms with Gasteiger partial charge in [0.25, 0.3) is 0 Å². The summed E-state index contributed by atoms with van der Waals surface area (Å²) in [4.78, 5) is 0. The van der Waals surface area contributed by atoms with Crippen molar-refractivity contribution in [3.05, 3.63) is 41.7 Å². The molecule has 0 atom stereocenters. The first kappa shape index (κ1) is 9.97. The van der Waals surface area contributed by atoms with Gasteiger partial charge < -0.3 is 4.52 Å². The van der Waals surface area contributed by atoms with Gasteiger partial charge in [-0.3, -0.25) is 0 Å². The second kappa shape index (κ2) is 3.89. The van der Waals surface area contributed by atoms with E-state index in [0.29, 0.717) is 5.92 Å². The Morgan fingerprint density at radius 1 is 1.20 bits per heavy atom. The maximum Gasteiger partial charge on any atom is 0.139 e. The highest BCUT2D eigenvalue weighted by Crippen LogP contribution is 2.23. The maximum absolute atomic E-state index is 5.27. The number of aromatic nitrogens is 1. The summed E-state index contributed by atoms with van der Waals surface area (Å²) in [6, 6.07) is 10.3. The van der Waals surface area contributed by atoms with Gasteiger partial charge in [0.1, 0.15) is 11.5 Å². The Hall–Kier alpha value is -1.57. The third-order valence-electron chi connectivity index (χ3n) is 2.41. The van der Waals surface area contributed by atoms with Crippen molar-refractivity contribution < 1.29 is 4.52 Å². The van der Waals surface area contributed by atoms with Gasteiger partial charge in [0.05, 0.1) is 0 Å². The lowest BCUT2D eigenvalue weighted by Crippen LogP contribution is -1.81. The van der Waals surface area contributed by atoms with E-state index in [1.54, 1.807) is 0 Å². The molecular weight excluding hydrogens is 186 g/mol. The molecule has 0 radical (unpaired) electrons. The van der Waals surface area contributed by atoms with Crippen LogP contribution in [0.15, 0.2) is 34.9 Å². The molecule has 2 aromatic rings. The van der Waals surface area contributed by atoms with Crippen molar-refractivity contribution in [3.8, 4) is 11.3 Å². The van der Waals surface area contributed by atoms with Crippen LogP contribution >= 0.6 is 0 Å². The Kier molecular flexibility index (Phi) is 2.58. The van der Waals surface area contributed by atoms with Crippen LogP contribution in [0, 0.1) is 6.92 Å². The molecule has 1 heterocycles. The molecular formula is C13H15NO. The van der Waals surface area contributed by atoms with Crippen LogP contribution in [0.25, 0.3) is 11.3 Å². The highest BCUT2D eigenvalue weighted by atomic mass is 16.5. The third kappa shape index (κ3) is 2.09. The van der Waals surface area contributed by atoms with Crippen molar-refractivity contribution in [3.63, 3.8) is 0 Å². The zero-order valence-corrected chi connectivity index (χ0v) is 9.32. The van der Waals surface area contributed by atoms with Crippen LogP contribution in [0.1, 0.15) is 31.1 Å². The fourth-order valence-electron chi connectivity index (χ4n) is 1.50. The zero-order chi connectivity index (χ0) is 10.8. The smallest absolute Gasteiger partial charge is 0.139 e. The van der Waals surface area contributed by atoms with E-state index in [0.717, 1.165) is 17.0 Å². The van der Waals surface area contributed by atoms with Crippen LogP contribution in [-0.2, 0) is 0 Å². The van der Waals surface area contributed by atoms with Crippen molar-refractivity contribution in [1.29, 1.82) is 0 Å². The molecule has 1 aromatic heterocycles. The monoisotopic (exact) mass is 201 g/mol. The predicted octanol–water partition coefficient (Wildman–Crippen LogP) is 3.77. The van der Waals surface area contributed by atoms with E-state index < -0.39 is 0 Å². The SMILES string of the molecule is Cc1cccc(-c2cc(C(C)C)on2)c1. The number of benzene rings is 1. The standard InChI is InChI=1S/C13H15NO/c1-9(2)13-8-12(14-15-13)11-6-4-5-10(3)7-11/h4-9H,1-3H3. The van der Waals surface area contributed by atoms with Crippen LogP contribution in [0.3, 0.4) is 0 Å². The number of rotatable bonds is 2. The second-order valence-corrected chi connectivity index (χ2v) is 4.14. The van der Waals surface area contributed by atoms with Crippen molar-refractivity contribution >= 4 is 0 Å². The molecule has 0 unspecified atom stereocenters. The Labute approximate surface area is 89.9 Å². The van der Waals surface area contributed by atoms with Gasteiger partial charge in [-0.15, -0.1) is 0 Å². The minimum Gasteiger partial charge on any atom is -0.361 e. The van der Waals surface area contributed by atoms with Gasteiger partial charge in [0.2, 0.25) is 0 Å². The fraction of sp³-hybridized carbons (Fsp3) is 0.308. The molecule has 0 bridgehead atoms. The number of hydrogen-bond acceptors (Lipinski definition) is 2. The molecule has 0 N–H and O–H groups in total. The van der Waals surface area contributed by atoms with E-state index in [1.807, 2.05) is 12.1 Å². The average Bonchev–Trinajstić information content (AvgIpc) is 2.66. The zero-order valence-electron chi connectivity index (χ0n) is 9.32. The van der Waals surface area contributed by atoms with Crippen LogP contribution in [-0.4, -0.2) is 5.16 Å². The summed E-state index contributed by atoms with van der Waals surface area (Å²) in [5.41, 5.74) is 3.27. The molecule has 1 aromatic carbocycles. The van der Waals surface area contributed by atoms with Crippen molar-refractivity contribution in [1.82, 2.24) is 5.16 Å². The van der Waals surface area contributed by atoms with Crippen molar-refractivity contribution in [2.75, 3.05) is 0 Å². The molecule has 0 aliphatic carbocycles. The van der Waals surface area contributed by atoms with Gasteiger partial charge in [0.15, 0.2) is 0 Å². The number of nitrogens with zero attached hydrogens (tertiary/aromatic N) is 1. The molecule has 15 heavy (non-hydrogen) atoms. The van der Waals surface area contributed by atoms with Crippen LogP contribution < -0.4 is 0 Å². The minimum absolute atomic E-state index is 0.385. The van der Waals surface area contributed by atoms with Crippen molar-refractivity contribution in [2.24, 2.45) is 0 Å². The molecule has 78 valence electrons. The van der Waals surface area contributed by atoms with Gasteiger partial charge >= 0.3 is 0 Å². The van der Waals surface area contributed by atoms with Crippen LogP contribution in [0.2, 0.25) is 0 Å². The van der Waals surface area contributed by atoms with E-state index in [4.69, 9.17) is 4.52 Å². The van der Waals surface area contributed by atoms with E-state index in [1.165, 1.54) is 5.56 Å². The fourth-order valence-corrected chi connectivity index (χ4v) is 1.50. The van der Waals surface area contributed by atoms with Gasteiger partial charge in [-0.05, 0) is 13.0 Å². The summed E-state index contributed by atoms with van der Waals surface area (Å²) in [7, 11) is 0. The Balaban J connectivity index is 2.37. The van der Waals surface area contributed by atoms with Gasteiger partial charge in [-0.25, -0.2) is 0 Å². The number of hydrogen-bond donors (Lipinski definition) is 0. The van der Waals surface area contributed by atoms with Crippen LogP contribution in [0.5, 0.6) is 0 Å². The molecule has 2 heteroatoms. The molecule has 0 spiro atoms. The summed E-state index contributed by atoms with van der Waals surface area (Å²) in [6.45, 7) is 6.27. The molecule has 0 saturated heterocycles. The normalized spacial score (nSPS) is 10.9. The first-order valence-corrected chi connectivity index (χ1v) is 5.20. The predicted molar refractivity (Wildman–Crippen MR) is 60.8 cm³/mol. The lowest BCUT2D eigenvalue weighted by molar-refractivity contribution is 0.373. The Morgan fingerprint density at radius 2 is 2.00 bits per heavy atom. The summed E-state index contributed by atoms with van der Waals surface area (Å²) in [5, 5.41) is 4.07. The van der Waals surface area contributed by atoms with E-state index in [9.17, 15) is 0 Å². The minimum atomic E-state index is 0.385. The average molecular weight is 201 g/mol. The molecule has 0 fully saturated rings. The Morgan fingerprint density at radius 3 is 2.60 bits per heavy atom. The summed E-state index contributed by atoms with van der Waals surface area (Å²) >= 11 is 0. The first-order chi connectivity index (χ1) is 7.16. The van der Waals surface area contributed by atoms with E-state index in [-0.39, 0.29) is 0 Å². The van der Waals surface area contributed by atoms with E-state index in [2.05, 4.69) is 44.1 Å². The quantitative estimate of drug-likeness (QED) is 0.739. The van der Waals surface area contributed by atoms with Crippen molar-refractivity contribution in [2.45, 2.75) is 26.7 Å². The molecule has 2 rings (SSSR count). The van der Waals surface area contributed by atoms with Crippen LogP contribution in [0.4, 0.5) is 0 Å². The largest absolute Gasteiger partial charge is 0.361 e.